The van der Waals surface area contributed by atoms with Gasteiger partial charge in [-0.25, -0.2) is 0 Å². The van der Waals surface area contributed by atoms with Gasteiger partial charge in [0.05, 0.1) is 17.5 Å². The van der Waals surface area contributed by atoms with Crippen LogP contribution in [0, 0.1) is 11.3 Å². The van der Waals surface area contributed by atoms with Gasteiger partial charge in [-0.05, 0) is 18.6 Å². The molecular formula is C12H12N2OS. The molecule has 0 N–H and O–H groups in total. The molecule has 1 amide bonds. The predicted molar refractivity (Wildman–Crippen MR) is 64.4 cm³/mol. The van der Waals surface area contributed by atoms with Crippen molar-refractivity contribution in [1.29, 1.82) is 5.26 Å². The molecule has 0 radical (unpaired) electrons. The van der Waals surface area contributed by atoms with E-state index in [9.17, 15) is 4.79 Å². The van der Waals surface area contributed by atoms with E-state index >= 15 is 0 Å². The van der Waals surface area contributed by atoms with Crippen LogP contribution >= 0.6 is 11.8 Å². The van der Waals surface area contributed by atoms with Crippen molar-refractivity contribution < 1.29 is 4.79 Å². The summed E-state index contributed by atoms with van der Waals surface area (Å²) in [5.74, 6) is 0.644. The zero-order chi connectivity index (χ0) is 11.4. The third kappa shape index (κ3) is 2.20. The first-order valence-electron chi connectivity index (χ1n) is 5.22. The van der Waals surface area contributed by atoms with Gasteiger partial charge in [-0.3, -0.25) is 4.79 Å². The van der Waals surface area contributed by atoms with Crippen molar-refractivity contribution in [1.82, 2.24) is 0 Å². The Balaban J connectivity index is 2.17. The number of fused-ring (bicyclic) bond motifs is 1. The third-order valence-corrected chi connectivity index (χ3v) is 3.53. The number of rotatable bonds is 3. The first-order valence-corrected chi connectivity index (χ1v) is 6.20. The zero-order valence-corrected chi connectivity index (χ0v) is 9.67. The monoisotopic (exact) mass is 232 g/mol. The van der Waals surface area contributed by atoms with Gasteiger partial charge in [0.25, 0.3) is 0 Å². The molecule has 2 rings (SSSR count). The highest BCUT2D eigenvalue weighted by Crippen LogP contribution is 2.34. The second-order valence-electron chi connectivity index (χ2n) is 3.56. The van der Waals surface area contributed by atoms with Crippen molar-refractivity contribution in [2.24, 2.45) is 0 Å². The van der Waals surface area contributed by atoms with E-state index in [4.69, 9.17) is 5.26 Å². The number of anilines is 1. The number of amides is 1. The summed E-state index contributed by atoms with van der Waals surface area (Å²) in [5.41, 5.74) is 0.988. The van der Waals surface area contributed by atoms with Crippen LogP contribution in [0.1, 0.15) is 12.8 Å². The van der Waals surface area contributed by atoms with E-state index in [2.05, 4.69) is 6.07 Å². The van der Waals surface area contributed by atoms with Crippen LogP contribution in [-0.2, 0) is 4.79 Å². The maximum Gasteiger partial charge on any atom is 0.237 e. The van der Waals surface area contributed by atoms with Crippen LogP contribution in [0.2, 0.25) is 0 Å². The van der Waals surface area contributed by atoms with Crippen LogP contribution in [0.5, 0.6) is 0 Å². The lowest BCUT2D eigenvalue weighted by Gasteiger charge is -2.28. The molecule has 4 heteroatoms. The van der Waals surface area contributed by atoms with Gasteiger partial charge in [0.2, 0.25) is 5.91 Å². The fourth-order valence-electron chi connectivity index (χ4n) is 1.72. The first-order chi connectivity index (χ1) is 7.83. The second kappa shape index (κ2) is 5.04. The Bertz CT molecular complexity index is 439. The van der Waals surface area contributed by atoms with Crippen molar-refractivity contribution in [2.45, 2.75) is 17.7 Å². The number of hydrogen-bond acceptors (Lipinski definition) is 3. The quantitative estimate of drug-likeness (QED) is 0.752. The predicted octanol–water partition coefficient (Wildman–Crippen LogP) is 2.43. The van der Waals surface area contributed by atoms with Crippen molar-refractivity contribution in [3.8, 4) is 6.07 Å². The molecule has 0 saturated carbocycles. The number of thioether (sulfide) groups is 1. The molecule has 0 unspecified atom stereocenters. The summed E-state index contributed by atoms with van der Waals surface area (Å²) < 4.78 is 0. The first kappa shape index (κ1) is 11.0. The highest BCUT2D eigenvalue weighted by molar-refractivity contribution is 8.00. The lowest BCUT2D eigenvalue weighted by Crippen LogP contribution is -2.36. The molecule has 1 aromatic rings. The molecule has 0 atom stereocenters. The summed E-state index contributed by atoms with van der Waals surface area (Å²) in [7, 11) is 0. The number of para-hydroxylation sites is 1. The summed E-state index contributed by atoms with van der Waals surface area (Å²) in [6.45, 7) is 0.643. The van der Waals surface area contributed by atoms with E-state index < -0.39 is 0 Å². The van der Waals surface area contributed by atoms with Gasteiger partial charge in [0.15, 0.2) is 0 Å². The Morgan fingerprint density at radius 2 is 2.25 bits per heavy atom. The summed E-state index contributed by atoms with van der Waals surface area (Å²) in [6.07, 6.45) is 1.24. The standard InChI is InChI=1S/C12H12N2OS/c13-7-3-4-8-14-10-5-1-2-6-11(10)16-9-12(14)15/h1-2,5-6H,3-4,8-9H2. The number of nitriles is 1. The smallest absolute Gasteiger partial charge is 0.237 e. The van der Waals surface area contributed by atoms with Crippen molar-refractivity contribution >= 4 is 23.4 Å². The number of hydrogen-bond donors (Lipinski definition) is 0. The maximum absolute atomic E-state index is 11.8. The number of nitrogens with zero attached hydrogens (tertiary/aromatic N) is 2. The van der Waals surface area contributed by atoms with Crippen LogP contribution in [-0.4, -0.2) is 18.2 Å². The lowest BCUT2D eigenvalue weighted by atomic mass is 10.2. The third-order valence-electron chi connectivity index (χ3n) is 2.48. The van der Waals surface area contributed by atoms with E-state index in [1.54, 1.807) is 16.7 Å². The van der Waals surface area contributed by atoms with Gasteiger partial charge in [-0.15, -0.1) is 11.8 Å². The van der Waals surface area contributed by atoms with Gasteiger partial charge >= 0.3 is 0 Å². The van der Waals surface area contributed by atoms with Gasteiger partial charge in [-0.2, -0.15) is 5.26 Å². The molecule has 3 nitrogen and oxygen atoms in total. The zero-order valence-electron chi connectivity index (χ0n) is 8.85. The largest absolute Gasteiger partial charge is 0.311 e. The van der Waals surface area contributed by atoms with Crippen LogP contribution < -0.4 is 4.90 Å². The van der Waals surface area contributed by atoms with Crippen molar-refractivity contribution in [3.05, 3.63) is 24.3 Å². The SMILES string of the molecule is N#CCCCN1C(=O)CSc2ccccc21. The molecule has 0 spiro atoms. The van der Waals surface area contributed by atoms with E-state index in [-0.39, 0.29) is 5.91 Å². The topological polar surface area (TPSA) is 44.1 Å². The Hall–Kier alpha value is -1.47. The van der Waals surface area contributed by atoms with Crippen LogP contribution in [0.15, 0.2) is 29.2 Å². The molecule has 1 aromatic carbocycles. The molecule has 1 aliphatic rings. The Morgan fingerprint density at radius 1 is 1.44 bits per heavy atom. The summed E-state index contributed by atoms with van der Waals surface area (Å²) >= 11 is 1.58. The minimum Gasteiger partial charge on any atom is -0.311 e. The van der Waals surface area contributed by atoms with Crippen molar-refractivity contribution in [3.63, 3.8) is 0 Å². The van der Waals surface area contributed by atoms with Gasteiger partial charge in [-0.1, -0.05) is 12.1 Å². The van der Waals surface area contributed by atoms with Crippen molar-refractivity contribution in [2.75, 3.05) is 17.2 Å². The molecule has 0 bridgehead atoms. The number of carbonyl (C=O) groups is 1. The molecule has 0 aliphatic carbocycles. The van der Waals surface area contributed by atoms with Crippen LogP contribution in [0.25, 0.3) is 0 Å². The van der Waals surface area contributed by atoms with Crippen LogP contribution in [0.4, 0.5) is 5.69 Å². The maximum atomic E-state index is 11.8. The minimum absolute atomic E-state index is 0.140. The summed E-state index contributed by atoms with van der Waals surface area (Å²) in [4.78, 5) is 14.7. The van der Waals surface area contributed by atoms with E-state index in [0.29, 0.717) is 18.7 Å². The molecule has 0 aromatic heterocycles. The molecule has 0 fully saturated rings. The fourth-order valence-corrected chi connectivity index (χ4v) is 2.65. The lowest BCUT2D eigenvalue weighted by molar-refractivity contribution is -0.116. The average Bonchev–Trinajstić information content (AvgIpc) is 2.32. The van der Waals surface area contributed by atoms with E-state index in [1.807, 2.05) is 24.3 Å². The molecule has 0 saturated heterocycles. The highest BCUT2D eigenvalue weighted by atomic mass is 32.2. The Kier molecular flexibility index (Phi) is 3.47. The van der Waals surface area contributed by atoms with E-state index in [0.717, 1.165) is 17.0 Å². The number of unbranched alkanes of at least 4 members (excludes halogenated alkanes) is 1. The summed E-state index contributed by atoms with van der Waals surface area (Å²) in [5, 5.41) is 8.50. The summed E-state index contributed by atoms with van der Waals surface area (Å²) in [6, 6.07) is 10.0. The fraction of sp³-hybridized carbons (Fsp3) is 0.333. The minimum atomic E-state index is 0.140. The van der Waals surface area contributed by atoms with Gasteiger partial charge < -0.3 is 4.90 Å². The molecule has 1 aliphatic heterocycles. The highest BCUT2D eigenvalue weighted by Gasteiger charge is 2.23. The molecule has 16 heavy (non-hydrogen) atoms. The number of benzene rings is 1. The molecule has 82 valence electrons. The molecule has 1 heterocycles. The average molecular weight is 232 g/mol. The number of carbonyl (C=O) groups excluding carboxylic acids is 1. The Morgan fingerprint density at radius 3 is 3.06 bits per heavy atom. The molecular weight excluding hydrogens is 220 g/mol. The van der Waals surface area contributed by atoms with E-state index in [1.165, 1.54) is 0 Å². The van der Waals surface area contributed by atoms with Crippen LogP contribution in [0.3, 0.4) is 0 Å². The van der Waals surface area contributed by atoms with Gasteiger partial charge in [0, 0.05) is 17.9 Å². The Labute approximate surface area is 99.1 Å². The second-order valence-corrected chi connectivity index (χ2v) is 4.58. The van der Waals surface area contributed by atoms with Gasteiger partial charge in [0.1, 0.15) is 0 Å². The normalized spacial score (nSPS) is 14.4.